The van der Waals surface area contributed by atoms with E-state index in [9.17, 15) is 0 Å². The minimum atomic E-state index is 0.735. The monoisotopic (exact) mass is 236 g/mol. The van der Waals surface area contributed by atoms with Gasteiger partial charge in [0, 0.05) is 30.3 Å². The third-order valence-corrected chi connectivity index (χ3v) is 3.99. The quantitative estimate of drug-likeness (QED) is 0.871. The molecule has 1 fully saturated rings. The molecule has 1 heterocycles. The largest absolute Gasteiger partial charge is 0.370 e. The SMILES string of the molecule is Cc1cc(CCN)ccc1N1CCSCC1. The maximum Gasteiger partial charge on any atom is 0.0396 e. The maximum absolute atomic E-state index is 5.58. The molecule has 1 saturated heterocycles. The first-order valence-electron chi connectivity index (χ1n) is 5.93. The second kappa shape index (κ2) is 5.60. The molecule has 1 aliphatic rings. The van der Waals surface area contributed by atoms with Crippen molar-refractivity contribution in [1.82, 2.24) is 0 Å². The second-order valence-electron chi connectivity index (χ2n) is 4.26. The topological polar surface area (TPSA) is 29.3 Å². The van der Waals surface area contributed by atoms with Crippen molar-refractivity contribution in [2.75, 3.05) is 36.0 Å². The van der Waals surface area contributed by atoms with Crippen LogP contribution >= 0.6 is 11.8 Å². The predicted octanol–water partition coefficient (Wildman–Crippen LogP) is 2.05. The number of aryl methyl sites for hydroxylation is 1. The van der Waals surface area contributed by atoms with Gasteiger partial charge in [-0.2, -0.15) is 11.8 Å². The number of anilines is 1. The van der Waals surface area contributed by atoms with Gasteiger partial charge in [-0.25, -0.2) is 0 Å². The number of rotatable bonds is 3. The standard InChI is InChI=1S/C13H20N2S/c1-11-10-12(4-5-14)2-3-13(11)15-6-8-16-9-7-15/h2-3,10H,4-9,14H2,1H3. The van der Waals surface area contributed by atoms with E-state index in [2.05, 4.69) is 41.8 Å². The Morgan fingerprint density at radius 3 is 2.69 bits per heavy atom. The Bertz CT molecular complexity index is 346. The highest BCUT2D eigenvalue weighted by Crippen LogP contribution is 2.24. The van der Waals surface area contributed by atoms with Crippen LogP contribution in [0.2, 0.25) is 0 Å². The van der Waals surface area contributed by atoms with Crippen molar-refractivity contribution in [1.29, 1.82) is 0 Å². The van der Waals surface area contributed by atoms with Gasteiger partial charge in [-0.3, -0.25) is 0 Å². The zero-order valence-electron chi connectivity index (χ0n) is 9.91. The lowest BCUT2D eigenvalue weighted by Gasteiger charge is -2.30. The Morgan fingerprint density at radius 2 is 2.06 bits per heavy atom. The van der Waals surface area contributed by atoms with Crippen molar-refractivity contribution in [3.05, 3.63) is 29.3 Å². The van der Waals surface area contributed by atoms with Crippen LogP contribution < -0.4 is 10.6 Å². The summed E-state index contributed by atoms with van der Waals surface area (Å²) < 4.78 is 0. The van der Waals surface area contributed by atoms with Gasteiger partial charge in [-0.05, 0) is 37.1 Å². The Kier molecular flexibility index (Phi) is 4.13. The average Bonchev–Trinajstić information content (AvgIpc) is 2.31. The summed E-state index contributed by atoms with van der Waals surface area (Å²) in [6.07, 6.45) is 0.983. The summed E-state index contributed by atoms with van der Waals surface area (Å²) in [7, 11) is 0. The van der Waals surface area contributed by atoms with Gasteiger partial charge < -0.3 is 10.6 Å². The third-order valence-electron chi connectivity index (χ3n) is 3.05. The van der Waals surface area contributed by atoms with Crippen molar-refractivity contribution >= 4 is 17.4 Å². The van der Waals surface area contributed by atoms with E-state index >= 15 is 0 Å². The second-order valence-corrected chi connectivity index (χ2v) is 5.48. The number of hydrogen-bond acceptors (Lipinski definition) is 3. The van der Waals surface area contributed by atoms with Gasteiger partial charge in [0.1, 0.15) is 0 Å². The lowest BCUT2D eigenvalue weighted by molar-refractivity contribution is 0.852. The molecule has 1 aromatic rings. The van der Waals surface area contributed by atoms with Gasteiger partial charge in [0.05, 0.1) is 0 Å². The summed E-state index contributed by atoms with van der Waals surface area (Å²) in [6, 6.07) is 6.76. The molecular weight excluding hydrogens is 216 g/mol. The molecule has 0 bridgehead atoms. The molecule has 0 aromatic heterocycles. The summed E-state index contributed by atoms with van der Waals surface area (Å²) in [6.45, 7) is 5.31. The van der Waals surface area contributed by atoms with Gasteiger partial charge in [0.25, 0.3) is 0 Å². The highest BCUT2D eigenvalue weighted by Gasteiger charge is 2.12. The molecule has 0 saturated carbocycles. The average molecular weight is 236 g/mol. The zero-order chi connectivity index (χ0) is 11.4. The first-order chi connectivity index (χ1) is 7.81. The van der Waals surface area contributed by atoms with Gasteiger partial charge in [-0.15, -0.1) is 0 Å². The molecule has 2 nitrogen and oxygen atoms in total. The van der Waals surface area contributed by atoms with Crippen LogP contribution in [0.5, 0.6) is 0 Å². The number of nitrogens with zero attached hydrogens (tertiary/aromatic N) is 1. The van der Waals surface area contributed by atoms with Crippen LogP contribution in [0.1, 0.15) is 11.1 Å². The molecule has 2 rings (SSSR count). The Balaban J connectivity index is 2.14. The Morgan fingerprint density at radius 1 is 1.31 bits per heavy atom. The van der Waals surface area contributed by atoms with Crippen molar-refractivity contribution in [3.63, 3.8) is 0 Å². The minimum absolute atomic E-state index is 0.735. The third kappa shape index (κ3) is 2.71. The first-order valence-corrected chi connectivity index (χ1v) is 7.09. The van der Waals surface area contributed by atoms with Gasteiger partial charge >= 0.3 is 0 Å². The van der Waals surface area contributed by atoms with Crippen LogP contribution in [0.25, 0.3) is 0 Å². The number of hydrogen-bond donors (Lipinski definition) is 1. The molecule has 88 valence electrons. The van der Waals surface area contributed by atoms with E-state index < -0.39 is 0 Å². The van der Waals surface area contributed by atoms with Crippen LogP contribution in [0.3, 0.4) is 0 Å². The van der Waals surface area contributed by atoms with Crippen LogP contribution in [0, 0.1) is 6.92 Å². The van der Waals surface area contributed by atoms with Crippen LogP contribution in [-0.4, -0.2) is 31.1 Å². The summed E-state index contributed by atoms with van der Waals surface area (Å²) >= 11 is 2.05. The van der Waals surface area contributed by atoms with Crippen LogP contribution in [-0.2, 0) is 6.42 Å². The molecule has 0 aliphatic carbocycles. The Labute approximate surface area is 102 Å². The lowest BCUT2D eigenvalue weighted by Crippen LogP contribution is -2.32. The van der Waals surface area contributed by atoms with Crippen LogP contribution in [0.4, 0.5) is 5.69 Å². The Hall–Kier alpha value is -0.670. The molecule has 16 heavy (non-hydrogen) atoms. The van der Waals surface area contributed by atoms with Crippen molar-refractivity contribution in [2.45, 2.75) is 13.3 Å². The molecule has 1 aliphatic heterocycles. The van der Waals surface area contributed by atoms with Crippen molar-refractivity contribution < 1.29 is 0 Å². The fourth-order valence-electron chi connectivity index (χ4n) is 2.20. The molecule has 3 heteroatoms. The molecule has 1 aromatic carbocycles. The summed E-state index contributed by atoms with van der Waals surface area (Å²) in [5.41, 5.74) is 9.73. The van der Waals surface area contributed by atoms with E-state index in [0.717, 1.165) is 13.0 Å². The van der Waals surface area contributed by atoms with E-state index in [0.29, 0.717) is 0 Å². The summed E-state index contributed by atoms with van der Waals surface area (Å²) in [5, 5.41) is 0. The fraction of sp³-hybridized carbons (Fsp3) is 0.538. The fourth-order valence-corrected chi connectivity index (χ4v) is 3.10. The molecular formula is C13H20N2S. The molecule has 0 radical (unpaired) electrons. The lowest BCUT2D eigenvalue weighted by atomic mass is 10.1. The minimum Gasteiger partial charge on any atom is -0.370 e. The zero-order valence-corrected chi connectivity index (χ0v) is 10.7. The van der Waals surface area contributed by atoms with E-state index in [1.54, 1.807) is 0 Å². The predicted molar refractivity (Wildman–Crippen MR) is 73.5 cm³/mol. The van der Waals surface area contributed by atoms with Crippen molar-refractivity contribution in [3.8, 4) is 0 Å². The number of nitrogens with two attached hydrogens (primary N) is 1. The maximum atomic E-state index is 5.58. The van der Waals surface area contributed by atoms with E-state index in [-0.39, 0.29) is 0 Å². The summed E-state index contributed by atoms with van der Waals surface area (Å²) in [4.78, 5) is 2.50. The van der Waals surface area contributed by atoms with Crippen LogP contribution in [0.15, 0.2) is 18.2 Å². The molecule has 2 N–H and O–H groups in total. The van der Waals surface area contributed by atoms with E-state index in [4.69, 9.17) is 5.73 Å². The first kappa shape index (κ1) is 11.8. The molecule has 0 atom stereocenters. The van der Waals surface area contributed by atoms with E-state index in [1.807, 2.05) is 0 Å². The van der Waals surface area contributed by atoms with E-state index in [1.165, 1.54) is 41.4 Å². The number of benzene rings is 1. The van der Waals surface area contributed by atoms with Gasteiger partial charge in [0.15, 0.2) is 0 Å². The highest BCUT2D eigenvalue weighted by atomic mass is 32.2. The smallest absolute Gasteiger partial charge is 0.0396 e. The summed E-state index contributed by atoms with van der Waals surface area (Å²) in [5.74, 6) is 2.51. The normalized spacial score (nSPS) is 16.5. The molecule has 0 spiro atoms. The number of thioether (sulfide) groups is 1. The van der Waals surface area contributed by atoms with Crippen molar-refractivity contribution in [2.24, 2.45) is 5.73 Å². The highest BCUT2D eigenvalue weighted by molar-refractivity contribution is 7.99. The van der Waals surface area contributed by atoms with Gasteiger partial charge in [-0.1, -0.05) is 12.1 Å². The molecule has 0 amide bonds. The molecule has 0 unspecified atom stereocenters. The van der Waals surface area contributed by atoms with Gasteiger partial charge in [0.2, 0.25) is 0 Å².